The molecule has 1 fully saturated rings. The number of allylic oxidation sites excluding steroid dienone is 2. The van der Waals surface area contributed by atoms with Crippen LogP contribution in [0.25, 0.3) is 0 Å². The highest BCUT2D eigenvalue weighted by Crippen LogP contribution is 2.34. The van der Waals surface area contributed by atoms with Crippen LogP contribution < -0.4 is 0 Å². The highest BCUT2D eigenvalue weighted by molar-refractivity contribution is 5.84. The van der Waals surface area contributed by atoms with Crippen LogP contribution >= 0.6 is 0 Å². The monoisotopic (exact) mass is 380 g/mol. The molecule has 3 N–H and O–H groups in total. The summed E-state index contributed by atoms with van der Waals surface area (Å²) < 4.78 is 0. The number of rotatable bonds is 13. The predicted octanol–water partition coefficient (Wildman–Crippen LogP) is 3.12. The van der Waals surface area contributed by atoms with Gasteiger partial charge in [-0.05, 0) is 39.0 Å². The van der Waals surface area contributed by atoms with Crippen LogP contribution in [0.3, 0.4) is 0 Å². The van der Waals surface area contributed by atoms with Crippen LogP contribution in [0.4, 0.5) is 0 Å². The fraction of sp³-hybridized carbons (Fsp3) is 0.727. The highest BCUT2D eigenvalue weighted by atomic mass is 16.3. The molecule has 5 nitrogen and oxygen atoms in total. The Bertz CT molecular complexity index is 521. The van der Waals surface area contributed by atoms with Crippen LogP contribution in [0.15, 0.2) is 24.3 Å². The molecule has 0 aromatic carbocycles. The van der Waals surface area contributed by atoms with E-state index >= 15 is 0 Å². The van der Waals surface area contributed by atoms with Crippen LogP contribution in [0.1, 0.15) is 71.6 Å². The maximum atomic E-state index is 12.2. The van der Waals surface area contributed by atoms with Crippen molar-refractivity contribution in [2.45, 2.75) is 83.3 Å². The molecule has 1 aliphatic carbocycles. The molecule has 0 saturated heterocycles. The van der Waals surface area contributed by atoms with Crippen molar-refractivity contribution in [2.75, 3.05) is 6.61 Å². The van der Waals surface area contributed by atoms with Crippen molar-refractivity contribution < 1.29 is 24.9 Å². The second kappa shape index (κ2) is 12.2. The number of carbonyl (C=O) groups is 2. The first-order valence-electron chi connectivity index (χ1n) is 10.2. The molecule has 0 amide bonds. The summed E-state index contributed by atoms with van der Waals surface area (Å²) in [4.78, 5) is 23.2. The molecule has 27 heavy (non-hydrogen) atoms. The summed E-state index contributed by atoms with van der Waals surface area (Å²) in [5, 5.41) is 29.2. The largest absolute Gasteiger partial charge is 0.392 e. The minimum Gasteiger partial charge on any atom is -0.392 e. The van der Waals surface area contributed by atoms with Crippen molar-refractivity contribution >= 4 is 11.6 Å². The third-order valence-corrected chi connectivity index (χ3v) is 5.29. The Hall–Kier alpha value is -1.30. The number of hydrogen-bond acceptors (Lipinski definition) is 5. The molecule has 0 bridgehead atoms. The van der Waals surface area contributed by atoms with Crippen molar-refractivity contribution in [1.29, 1.82) is 0 Å². The fourth-order valence-electron chi connectivity index (χ4n) is 3.57. The van der Waals surface area contributed by atoms with Gasteiger partial charge in [0.1, 0.15) is 12.4 Å². The number of aliphatic hydroxyl groups excluding tert-OH is 2. The first kappa shape index (κ1) is 23.7. The van der Waals surface area contributed by atoms with Gasteiger partial charge < -0.3 is 15.3 Å². The van der Waals surface area contributed by atoms with Gasteiger partial charge in [-0.15, -0.1) is 0 Å². The van der Waals surface area contributed by atoms with E-state index in [-0.39, 0.29) is 29.8 Å². The van der Waals surface area contributed by atoms with E-state index in [0.717, 1.165) is 25.7 Å². The molecular weight excluding hydrogens is 344 g/mol. The van der Waals surface area contributed by atoms with Crippen LogP contribution in [0.2, 0.25) is 0 Å². The smallest absolute Gasteiger partial charge is 0.158 e. The molecule has 1 aliphatic rings. The van der Waals surface area contributed by atoms with E-state index in [1.807, 2.05) is 31.2 Å². The van der Waals surface area contributed by atoms with E-state index in [1.165, 1.54) is 0 Å². The average Bonchev–Trinajstić information content (AvgIpc) is 2.89. The Morgan fingerprint density at radius 2 is 1.96 bits per heavy atom. The molecule has 0 aromatic heterocycles. The summed E-state index contributed by atoms with van der Waals surface area (Å²) in [6, 6.07) is 0. The Labute approximate surface area is 163 Å². The van der Waals surface area contributed by atoms with Gasteiger partial charge in [0, 0.05) is 24.7 Å². The second-order valence-corrected chi connectivity index (χ2v) is 7.94. The normalized spacial score (nSPS) is 25.5. The average molecular weight is 381 g/mol. The van der Waals surface area contributed by atoms with Crippen molar-refractivity contribution in [3.63, 3.8) is 0 Å². The number of ketones is 2. The van der Waals surface area contributed by atoms with Gasteiger partial charge in [0.05, 0.1) is 11.7 Å². The van der Waals surface area contributed by atoms with Gasteiger partial charge in [0.2, 0.25) is 0 Å². The number of unbranched alkanes of at least 4 members (excludes halogenated alkanes) is 1. The zero-order valence-electron chi connectivity index (χ0n) is 16.8. The van der Waals surface area contributed by atoms with Crippen molar-refractivity contribution in [3.05, 3.63) is 24.3 Å². The van der Waals surface area contributed by atoms with Crippen LogP contribution in [-0.4, -0.2) is 45.2 Å². The van der Waals surface area contributed by atoms with E-state index in [9.17, 15) is 19.8 Å². The number of carbonyl (C=O) groups excluding carboxylic acids is 2. The minimum atomic E-state index is -0.746. The molecule has 0 aromatic rings. The van der Waals surface area contributed by atoms with E-state index in [1.54, 1.807) is 0 Å². The lowest BCUT2D eigenvalue weighted by molar-refractivity contribution is -0.122. The van der Waals surface area contributed by atoms with Gasteiger partial charge in [-0.25, -0.2) is 0 Å². The summed E-state index contributed by atoms with van der Waals surface area (Å²) in [5.74, 6) is -0.461. The molecule has 0 spiro atoms. The van der Waals surface area contributed by atoms with Crippen molar-refractivity contribution in [2.24, 2.45) is 11.8 Å². The van der Waals surface area contributed by atoms with Gasteiger partial charge in [0.25, 0.3) is 0 Å². The number of Topliss-reactive ketones (excluding diaryl/α,β-unsaturated/α-hetero) is 2. The zero-order valence-corrected chi connectivity index (χ0v) is 16.8. The third-order valence-electron chi connectivity index (χ3n) is 5.29. The molecule has 0 radical (unpaired) electrons. The maximum Gasteiger partial charge on any atom is 0.158 e. The zero-order chi connectivity index (χ0) is 20.3. The number of aliphatic hydroxyl groups is 3. The van der Waals surface area contributed by atoms with Gasteiger partial charge in [-0.3, -0.25) is 9.59 Å². The molecule has 154 valence electrons. The summed E-state index contributed by atoms with van der Waals surface area (Å²) >= 11 is 0. The molecule has 1 rings (SSSR count). The lowest BCUT2D eigenvalue weighted by Crippen LogP contribution is -2.23. The molecule has 5 heteroatoms. The Kier molecular flexibility index (Phi) is 10.7. The third kappa shape index (κ3) is 8.96. The Morgan fingerprint density at radius 3 is 2.63 bits per heavy atom. The van der Waals surface area contributed by atoms with E-state index in [0.29, 0.717) is 25.7 Å². The fourth-order valence-corrected chi connectivity index (χ4v) is 3.57. The van der Waals surface area contributed by atoms with Gasteiger partial charge in [-0.2, -0.15) is 0 Å². The van der Waals surface area contributed by atoms with Crippen LogP contribution in [0, 0.1) is 11.8 Å². The van der Waals surface area contributed by atoms with Gasteiger partial charge in [0.15, 0.2) is 5.78 Å². The Morgan fingerprint density at radius 1 is 1.26 bits per heavy atom. The van der Waals surface area contributed by atoms with Crippen molar-refractivity contribution in [3.8, 4) is 0 Å². The predicted molar refractivity (Wildman–Crippen MR) is 106 cm³/mol. The van der Waals surface area contributed by atoms with E-state index < -0.39 is 18.3 Å². The quantitative estimate of drug-likeness (QED) is 0.427. The standard InChI is InChI=1S/C22H36O5/c1-3-4-13-22(2,27)14-9-12-19-18(20(25)15-21(19)26)11-8-6-5-7-10-17(24)16-23/h5-6,9,12,18-19,21,23,26-27H,3-4,7-8,10-11,13-16H2,1-2H3/b6-5?,12-9+/t18?,19?,21-,22+/m1/s1. The summed E-state index contributed by atoms with van der Waals surface area (Å²) in [7, 11) is 0. The first-order valence-corrected chi connectivity index (χ1v) is 10.2. The van der Waals surface area contributed by atoms with Crippen molar-refractivity contribution in [1.82, 2.24) is 0 Å². The van der Waals surface area contributed by atoms with E-state index in [2.05, 4.69) is 6.92 Å². The molecule has 0 aliphatic heterocycles. The Balaban J connectivity index is 2.49. The molecule has 4 atom stereocenters. The molecule has 2 unspecified atom stereocenters. The summed E-state index contributed by atoms with van der Waals surface area (Å²) in [6.45, 7) is 3.50. The summed E-state index contributed by atoms with van der Waals surface area (Å²) in [5.41, 5.74) is -0.746. The molecule has 1 saturated carbocycles. The molecule has 0 heterocycles. The lowest BCUT2D eigenvalue weighted by atomic mass is 9.88. The van der Waals surface area contributed by atoms with Crippen LogP contribution in [-0.2, 0) is 9.59 Å². The SMILES string of the molecule is CCCC[C@](C)(O)C/C=C/C1C(CCC=CCCC(=O)CO)C(=O)C[C@H]1O. The topological polar surface area (TPSA) is 94.8 Å². The molecular formula is C22H36O5. The minimum absolute atomic E-state index is 0.0961. The maximum absolute atomic E-state index is 12.2. The highest BCUT2D eigenvalue weighted by Gasteiger charge is 2.39. The van der Waals surface area contributed by atoms with Gasteiger partial charge in [-0.1, -0.05) is 44.1 Å². The van der Waals surface area contributed by atoms with Gasteiger partial charge >= 0.3 is 0 Å². The first-order chi connectivity index (χ1) is 12.8. The lowest BCUT2D eigenvalue weighted by Gasteiger charge is -2.22. The second-order valence-electron chi connectivity index (χ2n) is 7.94. The number of hydrogen-bond donors (Lipinski definition) is 3. The summed E-state index contributed by atoms with van der Waals surface area (Å²) in [6.07, 6.45) is 12.8. The van der Waals surface area contributed by atoms with Crippen LogP contribution in [0.5, 0.6) is 0 Å². The van der Waals surface area contributed by atoms with E-state index in [4.69, 9.17) is 5.11 Å².